The maximum Gasteiger partial charge on any atom is -0.0155 e. The van der Waals surface area contributed by atoms with Crippen LogP contribution in [0, 0.1) is 13.8 Å². The lowest BCUT2D eigenvalue weighted by molar-refractivity contribution is 1.36. The third kappa shape index (κ3) is 3.23. The van der Waals surface area contributed by atoms with E-state index in [1.54, 1.807) is 0 Å². The molecule has 0 spiro atoms. The first-order valence-electron chi connectivity index (χ1n) is 5.62. The predicted octanol–water partition coefficient (Wildman–Crippen LogP) is 4.84. The van der Waals surface area contributed by atoms with Gasteiger partial charge in [0, 0.05) is 0 Å². The summed E-state index contributed by atoms with van der Waals surface area (Å²) in [7, 11) is 0. The molecule has 0 heterocycles. The zero-order valence-corrected chi connectivity index (χ0v) is 10.7. The molecule has 0 aliphatic rings. The number of allylic oxidation sites excluding steroid dienone is 5. The van der Waals surface area contributed by atoms with Crippen LogP contribution in [0.4, 0.5) is 0 Å². The first-order valence-corrected chi connectivity index (χ1v) is 5.62. The van der Waals surface area contributed by atoms with E-state index in [1.807, 2.05) is 6.92 Å². The standard InChI is InChI=1S/C16H20/c1-6-15(10-7-12(2)3)16-11-13(4)8-9-14(16)5/h6-11H,2H2,1,3-5H3/b10-7-,15-6+. The summed E-state index contributed by atoms with van der Waals surface area (Å²) < 4.78 is 0. The van der Waals surface area contributed by atoms with Crippen molar-refractivity contribution in [3.8, 4) is 0 Å². The molecule has 0 amide bonds. The fraction of sp³-hybridized carbons (Fsp3) is 0.250. The highest BCUT2D eigenvalue weighted by molar-refractivity contribution is 5.76. The molecule has 1 aromatic carbocycles. The number of aryl methyl sites for hydroxylation is 2. The normalized spacial score (nSPS) is 12.1. The van der Waals surface area contributed by atoms with Crippen LogP contribution < -0.4 is 0 Å². The summed E-state index contributed by atoms with van der Waals surface area (Å²) in [4.78, 5) is 0. The van der Waals surface area contributed by atoms with Crippen LogP contribution in [-0.4, -0.2) is 0 Å². The molecule has 0 fully saturated rings. The molecule has 0 aliphatic carbocycles. The lowest BCUT2D eigenvalue weighted by atomic mass is 9.97. The molecule has 1 rings (SSSR count). The highest BCUT2D eigenvalue weighted by Gasteiger charge is 2.01. The topological polar surface area (TPSA) is 0 Å². The second-order valence-corrected chi connectivity index (χ2v) is 4.24. The lowest BCUT2D eigenvalue weighted by Gasteiger charge is -2.08. The van der Waals surface area contributed by atoms with Gasteiger partial charge in [-0.25, -0.2) is 0 Å². The van der Waals surface area contributed by atoms with Crippen LogP contribution >= 0.6 is 0 Å². The van der Waals surface area contributed by atoms with Gasteiger partial charge >= 0.3 is 0 Å². The quantitative estimate of drug-likeness (QED) is 0.629. The van der Waals surface area contributed by atoms with Gasteiger partial charge in [-0.2, -0.15) is 0 Å². The molecule has 84 valence electrons. The van der Waals surface area contributed by atoms with Gasteiger partial charge in [-0.15, -0.1) is 0 Å². The largest absolute Gasteiger partial charge is 0.0961 e. The van der Waals surface area contributed by atoms with E-state index in [2.05, 4.69) is 63.8 Å². The van der Waals surface area contributed by atoms with Crippen molar-refractivity contribution in [3.05, 3.63) is 65.3 Å². The smallest absolute Gasteiger partial charge is 0.0155 e. The van der Waals surface area contributed by atoms with Crippen molar-refractivity contribution >= 4 is 5.57 Å². The van der Waals surface area contributed by atoms with Crippen molar-refractivity contribution in [3.63, 3.8) is 0 Å². The fourth-order valence-electron chi connectivity index (χ4n) is 1.62. The average molecular weight is 212 g/mol. The van der Waals surface area contributed by atoms with Gasteiger partial charge < -0.3 is 0 Å². The Balaban J connectivity index is 3.14. The maximum atomic E-state index is 3.88. The first kappa shape index (κ1) is 12.5. The number of hydrogen-bond acceptors (Lipinski definition) is 0. The zero-order valence-electron chi connectivity index (χ0n) is 10.7. The van der Waals surface area contributed by atoms with E-state index in [-0.39, 0.29) is 0 Å². The maximum absolute atomic E-state index is 3.88. The minimum Gasteiger partial charge on any atom is -0.0961 e. The molecule has 0 aliphatic heterocycles. The summed E-state index contributed by atoms with van der Waals surface area (Å²) in [6.45, 7) is 12.2. The van der Waals surface area contributed by atoms with Crippen LogP contribution in [0.5, 0.6) is 0 Å². The SMILES string of the molecule is C=C(C)/C=C\C(=C/C)c1cc(C)ccc1C. The van der Waals surface area contributed by atoms with Crippen LogP contribution in [0.15, 0.2) is 48.6 Å². The van der Waals surface area contributed by atoms with E-state index in [0.717, 1.165) is 5.57 Å². The third-order valence-electron chi connectivity index (χ3n) is 2.56. The highest BCUT2D eigenvalue weighted by atomic mass is 14.1. The number of hydrogen-bond donors (Lipinski definition) is 0. The van der Waals surface area contributed by atoms with Gasteiger partial charge in [0.1, 0.15) is 0 Å². The average Bonchev–Trinajstić information content (AvgIpc) is 2.23. The second kappa shape index (κ2) is 5.50. The number of rotatable bonds is 3. The molecule has 0 nitrogen and oxygen atoms in total. The summed E-state index contributed by atoms with van der Waals surface area (Å²) in [5.74, 6) is 0. The van der Waals surface area contributed by atoms with E-state index in [1.165, 1.54) is 22.3 Å². The van der Waals surface area contributed by atoms with Crippen molar-refractivity contribution < 1.29 is 0 Å². The van der Waals surface area contributed by atoms with Crippen LogP contribution in [0.1, 0.15) is 30.5 Å². The third-order valence-corrected chi connectivity index (χ3v) is 2.56. The van der Waals surface area contributed by atoms with Crippen molar-refractivity contribution in [2.24, 2.45) is 0 Å². The van der Waals surface area contributed by atoms with E-state index in [0.29, 0.717) is 0 Å². The second-order valence-electron chi connectivity index (χ2n) is 4.24. The molecule has 0 saturated heterocycles. The molecule has 0 saturated carbocycles. The Morgan fingerprint density at radius 2 is 1.88 bits per heavy atom. The van der Waals surface area contributed by atoms with Gasteiger partial charge in [0.25, 0.3) is 0 Å². The Morgan fingerprint density at radius 1 is 1.19 bits per heavy atom. The van der Waals surface area contributed by atoms with E-state index in [9.17, 15) is 0 Å². The molecule has 0 heteroatoms. The molecule has 16 heavy (non-hydrogen) atoms. The Bertz CT molecular complexity index is 445. The summed E-state index contributed by atoms with van der Waals surface area (Å²) in [5.41, 5.74) is 6.24. The summed E-state index contributed by atoms with van der Waals surface area (Å²) in [5, 5.41) is 0. The summed E-state index contributed by atoms with van der Waals surface area (Å²) in [6.07, 6.45) is 6.32. The summed E-state index contributed by atoms with van der Waals surface area (Å²) >= 11 is 0. The van der Waals surface area contributed by atoms with Gasteiger partial charge in [0.15, 0.2) is 0 Å². The first-order chi connectivity index (χ1) is 7.54. The monoisotopic (exact) mass is 212 g/mol. The van der Waals surface area contributed by atoms with Gasteiger partial charge in [0.2, 0.25) is 0 Å². The van der Waals surface area contributed by atoms with Crippen molar-refractivity contribution in [1.29, 1.82) is 0 Å². The van der Waals surface area contributed by atoms with E-state index in [4.69, 9.17) is 0 Å². The Kier molecular flexibility index (Phi) is 4.30. The fourth-order valence-corrected chi connectivity index (χ4v) is 1.62. The van der Waals surface area contributed by atoms with Crippen molar-refractivity contribution in [2.45, 2.75) is 27.7 Å². The highest BCUT2D eigenvalue weighted by Crippen LogP contribution is 2.21. The lowest BCUT2D eigenvalue weighted by Crippen LogP contribution is -1.88. The molecule has 0 atom stereocenters. The van der Waals surface area contributed by atoms with Crippen LogP contribution in [-0.2, 0) is 0 Å². The van der Waals surface area contributed by atoms with Gasteiger partial charge in [-0.1, -0.05) is 54.1 Å². The molecule has 0 aromatic heterocycles. The van der Waals surface area contributed by atoms with E-state index >= 15 is 0 Å². The molecule has 0 radical (unpaired) electrons. The van der Waals surface area contributed by atoms with E-state index < -0.39 is 0 Å². The molecule has 0 N–H and O–H groups in total. The Morgan fingerprint density at radius 3 is 2.44 bits per heavy atom. The minimum atomic E-state index is 1.07. The van der Waals surface area contributed by atoms with Crippen LogP contribution in [0.2, 0.25) is 0 Å². The van der Waals surface area contributed by atoms with Crippen LogP contribution in [0.25, 0.3) is 5.57 Å². The molecule has 0 bridgehead atoms. The van der Waals surface area contributed by atoms with Crippen molar-refractivity contribution in [2.75, 3.05) is 0 Å². The molecule has 1 aromatic rings. The zero-order chi connectivity index (χ0) is 12.1. The van der Waals surface area contributed by atoms with Gasteiger partial charge in [-0.3, -0.25) is 0 Å². The summed E-state index contributed by atoms with van der Waals surface area (Å²) in [6, 6.07) is 6.55. The van der Waals surface area contributed by atoms with Crippen molar-refractivity contribution in [1.82, 2.24) is 0 Å². The molecule has 0 unspecified atom stereocenters. The minimum absolute atomic E-state index is 1.07. The predicted molar refractivity (Wildman–Crippen MR) is 73.5 cm³/mol. The van der Waals surface area contributed by atoms with Gasteiger partial charge in [-0.05, 0) is 44.4 Å². The number of benzene rings is 1. The van der Waals surface area contributed by atoms with Gasteiger partial charge in [0.05, 0.1) is 0 Å². The molecular weight excluding hydrogens is 192 g/mol. The Labute approximate surface area is 99.0 Å². The Hall–Kier alpha value is -1.56. The van der Waals surface area contributed by atoms with Crippen LogP contribution in [0.3, 0.4) is 0 Å². The molecular formula is C16H20.